The molecule has 2 amide bonds. The van der Waals surface area contributed by atoms with E-state index in [4.69, 9.17) is 0 Å². The smallest absolute Gasteiger partial charge is 0.272 e. The maximum absolute atomic E-state index is 11.8. The van der Waals surface area contributed by atoms with Crippen molar-refractivity contribution in [3.05, 3.63) is 35.9 Å². The second kappa shape index (κ2) is 3.65. The molecule has 1 aliphatic rings. The van der Waals surface area contributed by atoms with Crippen molar-refractivity contribution in [1.29, 1.82) is 0 Å². The minimum Gasteiger partial charge on any atom is -0.272 e. The van der Waals surface area contributed by atoms with Crippen LogP contribution in [0.5, 0.6) is 0 Å². The van der Waals surface area contributed by atoms with E-state index in [1.165, 1.54) is 0 Å². The first-order chi connectivity index (χ1) is 7.18. The molecule has 15 heavy (non-hydrogen) atoms. The van der Waals surface area contributed by atoms with Gasteiger partial charge in [0, 0.05) is 11.3 Å². The molecule has 2 rings (SSSR count). The summed E-state index contributed by atoms with van der Waals surface area (Å²) in [5, 5.41) is 4.83. The minimum absolute atomic E-state index is 0.235. The van der Waals surface area contributed by atoms with Gasteiger partial charge in [-0.25, -0.2) is 0 Å². The standard InChI is InChI=1S/C11H10N2O2/c1-8-7-10(14)13(12-8)11(15)9-5-3-2-4-6-9/h2-6H,7H2,1H3. The lowest BCUT2D eigenvalue weighted by Crippen LogP contribution is -2.28. The highest BCUT2D eigenvalue weighted by atomic mass is 16.2. The van der Waals surface area contributed by atoms with Crippen LogP contribution in [0.1, 0.15) is 23.7 Å². The van der Waals surface area contributed by atoms with Crippen molar-refractivity contribution in [3.8, 4) is 0 Å². The Labute approximate surface area is 87.2 Å². The number of carbonyl (C=O) groups is 2. The van der Waals surface area contributed by atoms with Gasteiger partial charge in [0.2, 0.25) is 0 Å². The molecule has 0 aromatic heterocycles. The number of hydrogen-bond acceptors (Lipinski definition) is 3. The Morgan fingerprint density at radius 3 is 2.53 bits per heavy atom. The fourth-order valence-corrected chi connectivity index (χ4v) is 1.42. The van der Waals surface area contributed by atoms with E-state index in [0.29, 0.717) is 11.3 Å². The molecule has 0 atom stereocenters. The first kappa shape index (κ1) is 9.58. The zero-order chi connectivity index (χ0) is 10.8. The average Bonchev–Trinajstić information content (AvgIpc) is 2.58. The number of imide groups is 1. The molecule has 1 aliphatic heterocycles. The lowest BCUT2D eigenvalue weighted by molar-refractivity contribution is -0.126. The van der Waals surface area contributed by atoms with E-state index in [0.717, 1.165) is 5.01 Å². The van der Waals surface area contributed by atoms with Gasteiger partial charge in [0.05, 0.1) is 6.42 Å². The lowest BCUT2D eigenvalue weighted by atomic mass is 10.2. The van der Waals surface area contributed by atoms with Crippen LogP contribution in [-0.2, 0) is 4.79 Å². The molecule has 0 N–H and O–H groups in total. The third-order valence-electron chi connectivity index (χ3n) is 2.13. The van der Waals surface area contributed by atoms with Gasteiger partial charge in [-0.1, -0.05) is 18.2 Å². The van der Waals surface area contributed by atoms with E-state index in [1.807, 2.05) is 6.07 Å². The minimum atomic E-state index is -0.363. The molecule has 0 spiro atoms. The second-order valence-corrected chi connectivity index (χ2v) is 3.39. The van der Waals surface area contributed by atoms with Crippen LogP contribution in [-0.4, -0.2) is 22.5 Å². The lowest BCUT2D eigenvalue weighted by Gasteiger charge is -2.08. The summed E-state index contributed by atoms with van der Waals surface area (Å²) in [5.41, 5.74) is 1.15. The van der Waals surface area contributed by atoms with Gasteiger partial charge >= 0.3 is 0 Å². The second-order valence-electron chi connectivity index (χ2n) is 3.39. The first-order valence-corrected chi connectivity index (χ1v) is 4.65. The van der Waals surface area contributed by atoms with Crippen LogP contribution < -0.4 is 0 Å². The fourth-order valence-electron chi connectivity index (χ4n) is 1.42. The van der Waals surface area contributed by atoms with E-state index in [9.17, 15) is 9.59 Å². The van der Waals surface area contributed by atoms with Crippen LogP contribution in [0.3, 0.4) is 0 Å². The van der Waals surface area contributed by atoms with Crippen molar-refractivity contribution in [3.63, 3.8) is 0 Å². The Hall–Kier alpha value is -1.97. The highest BCUT2D eigenvalue weighted by Crippen LogP contribution is 2.12. The molecule has 1 heterocycles. The number of hydrazone groups is 1. The Kier molecular flexibility index (Phi) is 2.33. The predicted octanol–water partition coefficient (Wildman–Crippen LogP) is 1.44. The van der Waals surface area contributed by atoms with Crippen molar-refractivity contribution in [2.24, 2.45) is 5.10 Å². The Morgan fingerprint density at radius 1 is 1.33 bits per heavy atom. The molecule has 0 radical (unpaired) electrons. The molecule has 76 valence electrons. The van der Waals surface area contributed by atoms with Crippen LogP contribution in [0.15, 0.2) is 35.4 Å². The number of nitrogens with zero attached hydrogens (tertiary/aromatic N) is 2. The van der Waals surface area contributed by atoms with E-state index >= 15 is 0 Å². The van der Waals surface area contributed by atoms with Crippen molar-refractivity contribution in [2.45, 2.75) is 13.3 Å². The van der Waals surface area contributed by atoms with Crippen LogP contribution >= 0.6 is 0 Å². The molecular weight excluding hydrogens is 192 g/mol. The van der Waals surface area contributed by atoms with E-state index < -0.39 is 0 Å². The summed E-state index contributed by atoms with van der Waals surface area (Å²) in [6, 6.07) is 8.66. The van der Waals surface area contributed by atoms with Crippen molar-refractivity contribution in [2.75, 3.05) is 0 Å². The Bertz CT molecular complexity index is 437. The van der Waals surface area contributed by atoms with Gasteiger partial charge in [0.25, 0.3) is 11.8 Å². The third kappa shape index (κ3) is 1.79. The molecule has 4 nitrogen and oxygen atoms in total. The zero-order valence-corrected chi connectivity index (χ0v) is 8.30. The number of hydrogen-bond donors (Lipinski definition) is 0. The summed E-state index contributed by atoms with van der Waals surface area (Å²) < 4.78 is 0. The van der Waals surface area contributed by atoms with Crippen molar-refractivity contribution in [1.82, 2.24) is 5.01 Å². The van der Waals surface area contributed by atoms with Gasteiger partial charge < -0.3 is 0 Å². The zero-order valence-electron chi connectivity index (χ0n) is 8.30. The maximum Gasteiger partial charge on any atom is 0.281 e. The van der Waals surface area contributed by atoms with Crippen LogP contribution in [0, 0.1) is 0 Å². The SMILES string of the molecule is CC1=NN(C(=O)c2ccccc2)C(=O)C1. The van der Waals surface area contributed by atoms with E-state index in [1.54, 1.807) is 31.2 Å². The highest BCUT2D eigenvalue weighted by molar-refractivity contribution is 6.13. The summed E-state index contributed by atoms with van der Waals surface area (Å²) in [7, 11) is 0. The maximum atomic E-state index is 11.8. The molecule has 1 aromatic rings. The van der Waals surface area contributed by atoms with E-state index in [2.05, 4.69) is 5.10 Å². The van der Waals surface area contributed by atoms with Crippen LogP contribution in [0.25, 0.3) is 0 Å². The molecule has 4 heteroatoms. The van der Waals surface area contributed by atoms with Crippen molar-refractivity contribution >= 4 is 17.5 Å². The molecule has 0 fully saturated rings. The van der Waals surface area contributed by atoms with Crippen molar-refractivity contribution < 1.29 is 9.59 Å². The normalized spacial score (nSPS) is 15.4. The summed E-state index contributed by atoms with van der Waals surface area (Å²) in [6.45, 7) is 1.73. The summed E-state index contributed by atoms with van der Waals surface area (Å²) >= 11 is 0. The predicted molar refractivity (Wildman–Crippen MR) is 55.3 cm³/mol. The monoisotopic (exact) mass is 202 g/mol. The van der Waals surface area contributed by atoms with E-state index in [-0.39, 0.29) is 18.2 Å². The molecule has 0 aliphatic carbocycles. The van der Waals surface area contributed by atoms with Crippen LogP contribution in [0.2, 0.25) is 0 Å². The highest BCUT2D eigenvalue weighted by Gasteiger charge is 2.27. The largest absolute Gasteiger partial charge is 0.281 e. The Balaban J connectivity index is 2.26. The summed E-state index contributed by atoms with van der Waals surface area (Å²) in [6.07, 6.45) is 0.235. The quantitative estimate of drug-likeness (QED) is 0.647. The van der Waals surface area contributed by atoms with Gasteiger partial charge in [0.1, 0.15) is 0 Å². The molecule has 0 saturated heterocycles. The van der Waals surface area contributed by atoms with Gasteiger partial charge in [-0.3, -0.25) is 9.59 Å². The molecule has 0 unspecified atom stereocenters. The Morgan fingerprint density at radius 2 is 2.00 bits per heavy atom. The summed E-state index contributed by atoms with van der Waals surface area (Å²) in [4.78, 5) is 23.2. The molecular formula is C11H10N2O2. The average molecular weight is 202 g/mol. The number of carbonyl (C=O) groups excluding carboxylic acids is 2. The van der Waals surface area contributed by atoms with Gasteiger partial charge in [-0.2, -0.15) is 10.1 Å². The number of rotatable bonds is 1. The number of benzene rings is 1. The molecule has 1 aromatic carbocycles. The first-order valence-electron chi connectivity index (χ1n) is 4.65. The summed E-state index contributed by atoms with van der Waals surface area (Å²) in [5.74, 6) is -0.626. The van der Waals surface area contributed by atoms with Gasteiger partial charge in [-0.15, -0.1) is 0 Å². The fraction of sp³-hybridized carbons (Fsp3) is 0.182. The third-order valence-corrected chi connectivity index (χ3v) is 2.13. The molecule has 0 bridgehead atoms. The topological polar surface area (TPSA) is 49.7 Å². The van der Waals surface area contributed by atoms with Gasteiger partial charge in [0.15, 0.2) is 0 Å². The van der Waals surface area contributed by atoms with Gasteiger partial charge in [-0.05, 0) is 19.1 Å². The van der Waals surface area contributed by atoms with Crippen LogP contribution in [0.4, 0.5) is 0 Å². The number of amides is 2. The molecule has 0 saturated carbocycles.